The molecule has 1 unspecified atom stereocenters. The second kappa shape index (κ2) is 5.82. The van der Waals surface area contributed by atoms with Crippen molar-refractivity contribution in [3.8, 4) is 0 Å². The molecule has 0 aromatic heterocycles. The standard InChI is InChI=1S/C10H22N2O2S/c1-10(3-2-4-11)9-12-5-7-15(13,14)8-6-12/h10H,2-9,11H2,1H3. The van der Waals surface area contributed by atoms with E-state index in [0.717, 1.165) is 25.9 Å². The highest BCUT2D eigenvalue weighted by Gasteiger charge is 2.22. The number of rotatable bonds is 5. The average Bonchev–Trinajstić information content (AvgIpc) is 2.18. The lowest BCUT2D eigenvalue weighted by molar-refractivity contribution is 0.247. The summed E-state index contributed by atoms with van der Waals surface area (Å²) in [5.74, 6) is 1.28. The molecule has 0 amide bonds. The Labute approximate surface area is 92.7 Å². The van der Waals surface area contributed by atoms with E-state index in [9.17, 15) is 8.42 Å². The predicted octanol–water partition coefficient (Wildman–Crippen LogP) is 0.0918. The van der Waals surface area contributed by atoms with E-state index in [4.69, 9.17) is 5.73 Å². The van der Waals surface area contributed by atoms with Gasteiger partial charge in [0.2, 0.25) is 0 Å². The molecule has 1 atom stereocenters. The fourth-order valence-electron chi connectivity index (χ4n) is 1.93. The zero-order valence-electron chi connectivity index (χ0n) is 9.48. The number of hydrogen-bond donors (Lipinski definition) is 1. The van der Waals surface area contributed by atoms with Crippen LogP contribution in [0.3, 0.4) is 0 Å². The first-order chi connectivity index (χ1) is 7.03. The average molecular weight is 234 g/mol. The van der Waals surface area contributed by atoms with Crippen LogP contribution >= 0.6 is 0 Å². The summed E-state index contributed by atoms with van der Waals surface area (Å²) in [5.41, 5.74) is 5.45. The molecule has 0 spiro atoms. The van der Waals surface area contributed by atoms with Gasteiger partial charge in [0.25, 0.3) is 0 Å². The molecule has 0 bridgehead atoms. The SMILES string of the molecule is CC(CCCN)CN1CCS(=O)(=O)CC1. The maximum Gasteiger partial charge on any atom is 0.152 e. The van der Waals surface area contributed by atoms with Gasteiger partial charge in [0.05, 0.1) is 11.5 Å². The first kappa shape index (κ1) is 12.9. The molecule has 0 aromatic carbocycles. The number of sulfone groups is 1. The fourth-order valence-corrected chi connectivity index (χ4v) is 3.21. The summed E-state index contributed by atoms with van der Waals surface area (Å²) in [5, 5.41) is 0. The highest BCUT2D eigenvalue weighted by molar-refractivity contribution is 7.91. The highest BCUT2D eigenvalue weighted by atomic mass is 32.2. The Morgan fingerprint density at radius 2 is 1.93 bits per heavy atom. The molecule has 1 heterocycles. The van der Waals surface area contributed by atoms with Crippen molar-refractivity contribution in [2.75, 3.05) is 37.7 Å². The molecule has 1 aliphatic rings. The Balaban J connectivity index is 2.23. The molecule has 15 heavy (non-hydrogen) atoms. The summed E-state index contributed by atoms with van der Waals surface area (Å²) >= 11 is 0. The normalized spacial score (nSPS) is 23.9. The van der Waals surface area contributed by atoms with Crippen LogP contribution in [0, 0.1) is 5.92 Å². The zero-order valence-corrected chi connectivity index (χ0v) is 10.3. The van der Waals surface area contributed by atoms with Gasteiger partial charge in [0.15, 0.2) is 9.84 Å². The van der Waals surface area contributed by atoms with E-state index in [0.29, 0.717) is 30.5 Å². The van der Waals surface area contributed by atoms with E-state index in [-0.39, 0.29) is 0 Å². The van der Waals surface area contributed by atoms with Gasteiger partial charge >= 0.3 is 0 Å². The van der Waals surface area contributed by atoms with Gasteiger partial charge in [-0.1, -0.05) is 6.92 Å². The third-order valence-electron chi connectivity index (χ3n) is 2.91. The molecule has 0 saturated carbocycles. The number of nitrogens with two attached hydrogens (primary N) is 1. The van der Waals surface area contributed by atoms with Gasteiger partial charge in [-0.2, -0.15) is 0 Å². The van der Waals surface area contributed by atoms with Crippen molar-refractivity contribution < 1.29 is 8.42 Å². The molecule has 0 aliphatic carbocycles. The molecule has 2 N–H and O–H groups in total. The van der Waals surface area contributed by atoms with E-state index in [1.165, 1.54) is 0 Å². The van der Waals surface area contributed by atoms with Crippen LogP contribution in [0.5, 0.6) is 0 Å². The zero-order chi connectivity index (χ0) is 11.3. The third kappa shape index (κ3) is 4.95. The Kier molecular flexibility index (Phi) is 5.02. The van der Waals surface area contributed by atoms with Crippen molar-refractivity contribution >= 4 is 9.84 Å². The van der Waals surface area contributed by atoms with Gasteiger partial charge in [0.1, 0.15) is 0 Å². The van der Waals surface area contributed by atoms with Gasteiger partial charge in [-0.3, -0.25) is 0 Å². The third-order valence-corrected chi connectivity index (χ3v) is 4.52. The lowest BCUT2D eigenvalue weighted by Crippen LogP contribution is -2.42. The van der Waals surface area contributed by atoms with Crippen molar-refractivity contribution in [3.05, 3.63) is 0 Å². The maximum absolute atomic E-state index is 11.2. The lowest BCUT2D eigenvalue weighted by Gasteiger charge is -2.28. The largest absolute Gasteiger partial charge is 0.330 e. The smallest absolute Gasteiger partial charge is 0.152 e. The Morgan fingerprint density at radius 1 is 1.33 bits per heavy atom. The molecule has 1 saturated heterocycles. The van der Waals surface area contributed by atoms with E-state index >= 15 is 0 Å². The predicted molar refractivity (Wildman–Crippen MR) is 62.5 cm³/mol. The monoisotopic (exact) mass is 234 g/mol. The first-order valence-electron chi connectivity index (χ1n) is 5.66. The van der Waals surface area contributed by atoms with Crippen molar-refractivity contribution in [1.82, 2.24) is 4.90 Å². The minimum absolute atomic E-state index is 0.330. The highest BCUT2D eigenvalue weighted by Crippen LogP contribution is 2.10. The summed E-state index contributed by atoms with van der Waals surface area (Å²) in [4.78, 5) is 2.25. The fraction of sp³-hybridized carbons (Fsp3) is 1.00. The van der Waals surface area contributed by atoms with Crippen LogP contribution in [-0.4, -0.2) is 51.0 Å². The Bertz CT molecular complexity index is 263. The summed E-state index contributed by atoms with van der Waals surface area (Å²) in [6.07, 6.45) is 2.20. The quantitative estimate of drug-likeness (QED) is 0.732. The molecule has 1 aliphatic heterocycles. The molecule has 0 radical (unpaired) electrons. The summed E-state index contributed by atoms with van der Waals surface area (Å²) in [6, 6.07) is 0. The first-order valence-corrected chi connectivity index (χ1v) is 7.48. The van der Waals surface area contributed by atoms with Crippen molar-refractivity contribution in [3.63, 3.8) is 0 Å². The number of hydrogen-bond acceptors (Lipinski definition) is 4. The Hall–Kier alpha value is -0.130. The van der Waals surface area contributed by atoms with Crippen molar-refractivity contribution in [1.29, 1.82) is 0 Å². The van der Waals surface area contributed by atoms with Gasteiger partial charge in [-0.15, -0.1) is 0 Å². The molecular weight excluding hydrogens is 212 g/mol. The molecule has 90 valence electrons. The van der Waals surface area contributed by atoms with Crippen LogP contribution in [0.15, 0.2) is 0 Å². The second-order valence-corrected chi connectivity index (χ2v) is 6.79. The summed E-state index contributed by atoms with van der Waals surface area (Å²) in [6.45, 7) is 5.37. The lowest BCUT2D eigenvalue weighted by atomic mass is 10.1. The minimum atomic E-state index is -2.73. The molecule has 5 heteroatoms. The number of nitrogens with zero attached hydrogens (tertiary/aromatic N) is 1. The van der Waals surface area contributed by atoms with Gasteiger partial charge in [0, 0.05) is 19.6 Å². The molecular formula is C10H22N2O2S. The summed E-state index contributed by atoms with van der Waals surface area (Å²) < 4.78 is 22.4. The molecule has 1 rings (SSSR count). The maximum atomic E-state index is 11.2. The summed E-state index contributed by atoms with van der Waals surface area (Å²) in [7, 11) is -2.73. The van der Waals surface area contributed by atoms with Gasteiger partial charge < -0.3 is 10.6 Å². The van der Waals surface area contributed by atoms with Gasteiger partial charge in [-0.25, -0.2) is 8.42 Å². The molecule has 0 aromatic rings. The van der Waals surface area contributed by atoms with E-state index in [1.54, 1.807) is 0 Å². The topological polar surface area (TPSA) is 63.4 Å². The second-order valence-electron chi connectivity index (χ2n) is 4.49. The van der Waals surface area contributed by atoms with Crippen LogP contribution in [0.2, 0.25) is 0 Å². The Morgan fingerprint density at radius 3 is 2.47 bits per heavy atom. The van der Waals surface area contributed by atoms with Crippen LogP contribution in [0.4, 0.5) is 0 Å². The van der Waals surface area contributed by atoms with E-state index in [1.807, 2.05) is 0 Å². The van der Waals surface area contributed by atoms with Crippen LogP contribution < -0.4 is 5.73 Å². The van der Waals surface area contributed by atoms with Crippen LogP contribution in [0.25, 0.3) is 0 Å². The van der Waals surface area contributed by atoms with Crippen LogP contribution in [0.1, 0.15) is 19.8 Å². The van der Waals surface area contributed by atoms with Crippen molar-refractivity contribution in [2.45, 2.75) is 19.8 Å². The van der Waals surface area contributed by atoms with Gasteiger partial charge in [-0.05, 0) is 25.3 Å². The van der Waals surface area contributed by atoms with E-state index in [2.05, 4.69) is 11.8 Å². The minimum Gasteiger partial charge on any atom is -0.330 e. The van der Waals surface area contributed by atoms with Crippen molar-refractivity contribution in [2.24, 2.45) is 11.7 Å². The molecule has 4 nitrogen and oxygen atoms in total. The van der Waals surface area contributed by atoms with Crippen LogP contribution in [-0.2, 0) is 9.84 Å². The molecule has 1 fully saturated rings. The van der Waals surface area contributed by atoms with E-state index < -0.39 is 9.84 Å².